The number of nitrogens with zero attached hydrogens (tertiary/aromatic N) is 1. The van der Waals surface area contributed by atoms with Gasteiger partial charge in [0.1, 0.15) is 6.61 Å². The number of benzene rings is 2. The van der Waals surface area contributed by atoms with Gasteiger partial charge in [0.05, 0.1) is 10.8 Å². The highest BCUT2D eigenvalue weighted by atomic mass is 79.9. The number of halogens is 3. The van der Waals surface area contributed by atoms with E-state index in [1.54, 1.807) is 18.2 Å². The summed E-state index contributed by atoms with van der Waals surface area (Å²) in [6.07, 6.45) is 0. The van der Waals surface area contributed by atoms with Gasteiger partial charge in [0.2, 0.25) is 0 Å². The van der Waals surface area contributed by atoms with E-state index in [0.29, 0.717) is 15.6 Å². The van der Waals surface area contributed by atoms with Gasteiger partial charge >= 0.3 is 0 Å². The normalized spacial score (nSPS) is 10.4. The number of hydrogen-bond acceptors (Lipinski definition) is 3. The van der Waals surface area contributed by atoms with Crippen LogP contribution in [0.2, 0.25) is 0 Å². The van der Waals surface area contributed by atoms with Crippen LogP contribution < -0.4 is 4.74 Å². The molecule has 0 heterocycles. The molecule has 110 valence electrons. The second-order valence-electron chi connectivity index (χ2n) is 4.18. The number of para-hydroxylation sites is 1. The van der Waals surface area contributed by atoms with Crippen molar-refractivity contribution < 1.29 is 14.1 Å². The Morgan fingerprint density at radius 3 is 2.67 bits per heavy atom. The van der Waals surface area contributed by atoms with Gasteiger partial charge in [-0.25, -0.2) is 4.39 Å². The molecule has 21 heavy (non-hydrogen) atoms. The van der Waals surface area contributed by atoms with Crippen LogP contribution in [0.1, 0.15) is 11.1 Å². The van der Waals surface area contributed by atoms with Crippen molar-refractivity contribution in [3.8, 4) is 5.75 Å². The second-order valence-corrected chi connectivity index (χ2v) is 5.30. The van der Waals surface area contributed by atoms with E-state index in [1.807, 2.05) is 0 Å². The van der Waals surface area contributed by atoms with E-state index in [2.05, 4.69) is 15.9 Å². The smallest absolute Gasteiger partial charge is 0.270 e. The van der Waals surface area contributed by atoms with Crippen LogP contribution in [0.4, 0.5) is 10.1 Å². The van der Waals surface area contributed by atoms with Crippen molar-refractivity contribution in [2.24, 2.45) is 0 Å². The molecule has 0 atom stereocenters. The number of alkyl halides is 1. The van der Waals surface area contributed by atoms with Crippen molar-refractivity contribution in [2.45, 2.75) is 12.5 Å². The minimum atomic E-state index is -0.494. The van der Waals surface area contributed by atoms with Crippen molar-refractivity contribution in [2.75, 3.05) is 0 Å². The van der Waals surface area contributed by atoms with Crippen LogP contribution in [0, 0.1) is 15.9 Å². The Labute approximate surface area is 133 Å². The van der Waals surface area contributed by atoms with E-state index >= 15 is 0 Å². The number of nitro benzene ring substituents is 1. The Hall–Kier alpha value is -1.66. The summed E-state index contributed by atoms with van der Waals surface area (Å²) in [4.78, 5) is 10.2. The van der Waals surface area contributed by atoms with E-state index in [4.69, 9.17) is 16.3 Å². The average Bonchev–Trinajstić information content (AvgIpc) is 2.46. The van der Waals surface area contributed by atoms with E-state index in [0.717, 1.165) is 0 Å². The molecule has 2 aromatic rings. The zero-order valence-corrected chi connectivity index (χ0v) is 13.0. The summed E-state index contributed by atoms with van der Waals surface area (Å²) in [6.45, 7) is 0.0728. The highest BCUT2D eigenvalue weighted by molar-refractivity contribution is 9.10. The topological polar surface area (TPSA) is 52.4 Å². The second kappa shape index (κ2) is 6.87. The van der Waals surface area contributed by atoms with Gasteiger partial charge in [0.25, 0.3) is 5.69 Å². The molecule has 0 aliphatic rings. The molecule has 0 aromatic heterocycles. The standard InChI is InChI=1S/C14H10BrClFNO3/c15-12-6-11(18(19)20)5-4-10(12)8-21-14-9(7-16)2-1-3-13(14)17/h1-6H,7-8H2. The van der Waals surface area contributed by atoms with Crippen LogP contribution in [0.15, 0.2) is 40.9 Å². The largest absolute Gasteiger partial charge is 0.485 e. The summed E-state index contributed by atoms with van der Waals surface area (Å²) < 4.78 is 19.7. The minimum Gasteiger partial charge on any atom is -0.485 e. The molecule has 0 bridgehead atoms. The van der Waals surface area contributed by atoms with E-state index in [9.17, 15) is 14.5 Å². The Bertz CT molecular complexity index is 681. The lowest BCUT2D eigenvalue weighted by Gasteiger charge is -2.11. The SMILES string of the molecule is O=[N+]([O-])c1ccc(COc2c(F)cccc2CCl)c(Br)c1. The molecule has 0 N–H and O–H groups in total. The molecular formula is C14H10BrClFNO3. The maximum absolute atomic E-state index is 13.7. The van der Waals surface area contributed by atoms with Gasteiger partial charge in [-0.2, -0.15) is 0 Å². The van der Waals surface area contributed by atoms with E-state index < -0.39 is 10.7 Å². The number of non-ortho nitro benzene ring substituents is 1. The molecule has 2 aromatic carbocycles. The summed E-state index contributed by atoms with van der Waals surface area (Å²) in [6, 6.07) is 8.83. The van der Waals surface area contributed by atoms with Crippen LogP contribution in [-0.2, 0) is 12.5 Å². The lowest BCUT2D eigenvalue weighted by atomic mass is 10.2. The maximum Gasteiger partial charge on any atom is 0.270 e. The zero-order chi connectivity index (χ0) is 15.4. The first-order valence-electron chi connectivity index (χ1n) is 5.92. The molecule has 0 saturated carbocycles. The Balaban J connectivity index is 2.19. The Kier molecular flexibility index (Phi) is 5.14. The summed E-state index contributed by atoms with van der Waals surface area (Å²) in [5.41, 5.74) is 1.19. The molecule has 0 fully saturated rings. The molecule has 0 unspecified atom stereocenters. The first-order chi connectivity index (χ1) is 10.0. The fourth-order valence-electron chi connectivity index (χ4n) is 1.74. The molecule has 4 nitrogen and oxygen atoms in total. The van der Waals surface area contributed by atoms with Crippen molar-refractivity contribution in [1.82, 2.24) is 0 Å². The van der Waals surface area contributed by atoms with E-state index in [-0.39, 0.29) is 23.9 Å². The fraction of sp³-hybridized carbons (Fsp3) is 0.143. The van der Waals surface area contributed by atoms with Gasteiger partial charge in [0, 0.05) is 27.7 Å². The fourth-order valence-corrected chi connectivity index (χ4v) is 2.43. The highest BCUT2D eigenvalue weighted by Gasteiger charge is 2.12. The Morgan fingerprint density at radius 1 is 1.29 bits per heavy atom. The zero-order valence-electron chi connectivity index (χ0n) is 10.7. The summed E-state index contributed by atoms with van der Waals surface area (Å²) in [7, 11) is 0. The quantitative estimate of drug-likeness (QED) is 0.428. The summed E-state index contributed by atoms with van der Waals surface area (Å²) >= 11 is 8.98. The predicted molar refractivity (Wildman–Crippen MR) is 81.1 cm³/mol. The first-order valence-corrected chi connectivity index (χ1v) is 7.24. The van der Waals surface area contributed by atoms with Crippen molar-refractivity contribution >= 4 is 33.2 Å². The average molecular weight is 375 g/mol. The van der Waals surface area contributed by atoms with Gasteiger partial charge in [-0.3, -0.25) is 10.1 Å². The van der Waals surface area contributed by atoms with Crippen LogP contribution in [0.25, 0.3) is 0 Å². The third-order valence-corrected chi connectivity index (χ3v) is 3.84. The Morgan fingerprint density at radius 2 is 2.05 bits per heavy atom. The van der Waals surface area contributed by atoms with Gasteiger partial charge < -0.3 is 4.74 Å². The molecule has 7 heteroatoms. The molecule has 0 saturated heterocycles. The lowest BCUT2D eigenvalue weighted by molar-refractivity contribution is -0.384. The number of rotatable bonds is 5. The first kappa shape index (κ1) is 15.7. The van der Waals surface area contributed by atoms with Gasteiger partial charge in [-0.05, 0) is 12.1 Å². The summed E-state index contributed by atoms with van der Waals surface area (Å²) in [5.74, 6) is -0.266. The third-order valence-electron chi connectivity index (χ3n) is 2.81. The van der Waals surface area contributed by atoms with Crippen LogP contribution in [0.5, 0.6) is 5.75 Å². The number of nitro groups is 1. The van der Waals surface area contributed by atoms with Crippen LogP contribution >= 0.6 is 27.5 Å². The minimum absolute atomic E-state index is 0.0297. The monoisotopic (exact) mass is 373 g/mol. The van der Waals surface area contributed by atoms with Crippen LogP contribution in [-0.4, -0.2) is 4.92 Å². The molecule has 0 aliphatic heterocycles. The highest BCUT2D eigenvalue weighted by Crippen LogP contribution is 2.28. The van der Waals surface area contributed by atoms with Crippen LogP contribution in [0.3, 0.4) is 0 Å². The van der Waals surface area contributed by atoms with Crippen molar-refractivity contribution in [3.63, 3.8) is 0 Å². The molecule has 0 amide bonds. The maximum atomic E-state index is 13.7. The van der Waals surface area contributed by atoms with E-state index in [1.165, 1.54) is 18.2 Å². The van der Waals surface area contributed by atoms with Gasteiger partial charge in [-0.15, -0.1) is 11.6 Å². The predicted octanol–water partition coefficient (Wildman–Crippen LogP) is 4.81. The van der Waals surface area contributed by atoms with Gasteiger partial charge in [0.15, 0.2) is 11.6 Å². The molecule has 0 aliphatic carbocycles. The van der Waals surface area contributed by atoms with Crippen molar-refractivity contribution in [3.05, 3.63) is 67.9 Å². The van der Waals surface area contributed by atoms with Crippen molar-refractivity contribution in [1.29, 1.82) is 0 Å². The summed E-state index contributed by atoms with van der Waals surface area (Å²) in [5, 5.41) is 10.7. The van der Waals surface area contributed by atoms with Gasteiger partial charge in [-0.1, -0.05) is 28.1 Å². The lowest BCUT2D eigenvalue weighted by Crippen LogP contribution is -2.01. The molecule has 0 radical (unpaired) electrons. The number of hydrogen-bond donors (Lipinski definition) is 0. The molecular weight excluding hydrogens is 365 g/mol. The molecule has 0 spiro atoms. The number of ether oxygens (including phenoxy) is 1. The molecule has 2 rings (SSSR count). The third kappa shape index (κ3) is 3.71.